The number of allylic oxidation sites excluding steroid dienone is 1. The number of ether oxygens (including phenoxy) is 1. The summed E-state index contributed by atoms with van der Waals surface area (Å²) in [7, 11) is -0.394. The van der Waals surface area contributed by atoms with E-state index >= 15 is 0 Å². The molecule has 1 aliphatic carbocycles. The molecule has 0 radical (unpaired) electrons. The van der Waals surface area contributed by atoms with Crippen LogP contribution in [0.2, 0.25) is 16.6 Å². The largest absolute Gasteiger partial charge is 0.414 e. The van der Waals surface area contributed by atoms with Gasteiger partial charge in [-0.15, -0.1) is 0 Å². The molecule has 0 bridgehead atoms. The first-order chi connectivity index (χ1) is 11.6. The third-order valence-electron chi connectivity index (χ3n) is 6.13. The molecule has 0 aromatic rings. The lowest BCUT2D eigenvalue weighted by Gasteiger charge is -2.42. The Labute approximate surface area is 153 Å². The van der Waals surface area contributed by atoms with Crippen LogP contribution in [0.5, 0.6) is 0 Å². The first-order valence-electron chi connectivity index (χ1n) is 9.48. The Balaban J connectivity index is 2.15. The van der Waals surface area contributed by atoms with E-state index < -0.39 is 20.0 Å². The highest BCUT2D eigenvalue weighted by atomic mass is 28.4. The molecule has 1 aliphatic heterocycles. The number of nitrogens with one attached hydrogen (secondary N) is 1. The first kappa shape index (κ1) is 20.6. The number of carbonyl (C=O) groups excluding carboxylic acids is 1. The molecule has 0 aromatic carbocycles. The second kappa shape index (κ2) is 7.51. The van der Waals surface area contributed by atoms with E-state index in [4.69, 9.17) is 9.16 Å². The summed E-state index contributed by atoms with van der Waals surface area (Å²) in [5.74, 6) is -0.00384. The van der Waals surface area contributed by atoms with Crippen LogP contribution in [0.3, 0.4) is 0 Å². The van der Waals surface area contributed by atoms with Gasteiger partial charge in [0.15, 0.2) is 14.1 Å². The van der Waals surface area contributed by atoms with E-state index in [1.165, 1.54) is 6.08 Å². The van der Waals surface area contributed by atoms with E-state index in [9.17, 15) is 9.90 Å². The highest BCUT2D eigenvalue weighted by Crippen LogP contribution is 2.43. The molecule has 2 N–H and O–H groups in total. The molecular formula is C19H35NO4Si. The fourth-order valence-corrected chi connectivity index (χ4v) is 10.5. The summed E-state index contributed by atoms with van der Waals surface area (Å²) in [5, 5.41) is 14.4. The van der Waals surface area contributed by atoms with Crippen LogP contribution in [0.25, 0.3) is 0 Å². The molecule has 1 saturated heterocycles. The Kier molecular flexibility index (Phi) is 6.19. The lowest BCUT2D eigenvalue weighted by Crippen LogP contribution is -2.50. The third kappa shape index (κ3) is 3.59. The van der Waals surface area contributed by atoms with Crippen molar-refractivity contribution in [1.82, 2.24) is 5.32 Å². The van der Waals surface area contributed by atoms with E-state index in [0.717, 1.165) is 0 Å². The number of hydrogen-bond donors (Lipinski definition) is 2. The summed E-state index contributed by atoms with van der Waals surface area (Å²) in [6.07, 6.45) is 1.80. The number of carbonyl (C=O) groups is 1. The average molecular weight is 370 g/mol. The smallest absolute Gasteiger partial charge is 0.200 e. The van der Waals surface area contributed by atoms with Gasteiger partial charge in [0.2, 0.25) is 0 Å². The van der Waals surface area contributed by atoms with Gasteiger partial charge in [0.25, 0.3) is 0 Å². The lowest BCUT2D eigenvalue weighted by atomic mass is 9.83. The quantitative estimate of drug-likeness (QED) is 0.675. The third-order valence-corrected chi connectivity index (χ3v) is 12.2. The summed E-state index contributed by atoms with van der Waals surface area (Å²) in [4.78, 5) is 11.9. The van der Waals surface area contributed by atoms with E-state index in [2.05, 4.69) is 46.9 Å². The normalized spacial score (nSPS) is 30.0. The number of ketones is 1. The molecular weight excluding hydrogens is 334 g/mol. The van der Waals surface area contributed by atoms with Gasteiger partial charge in [-0.3, -0.25) is 4.79 Å². The van der Waals surface area contributed by atoms with Crippen LogP contribution in [0, 0.1) is 0 Å². The standard InChI is InChI=1S/C19H35NO4Si/c1-12(2)25(13(3)4,14(5)6)24-11-15-10-19(22)17(20-15)8-16(21)9-18(19)23-7/h8,12-15,18,20,22H,9-11H2,1-7H3/t15-,18+,19+/m0/s1. The van der Waals surface area contributed by atoms with Crippen LogP contribution in [-0.2, 0) is 14.0 Å². The molecule has 144 valence electrons. The van der Waals surface area contributed by atoms with Crippen LogP contribution in [0.1, 0.15) is 54.4 Å². The Morgan fingerprint density at radius 3 is 2.28 bits per heavy atom. The number of rotatable bonds is 7. The van der Waals surface area contributed by atoms with Crippen molar-refractivity contribution in [3.05, 3.63) is 11.8 Å². The molecule has 3 atom stereocenters. The fraction of sp³-hybridized carbons (Fsp3) is 0.842. The molecule has 0 aromatic heterocycles. The van der Waals surface area contributed by atoms with Gasteiger partial charge in [0.05, 0.1) is 18.8 Å². The number of aliphatic hydroxyl groups is 1. The zero-order valence-electron chi connectivity index (χ0n) is 16.8. The molecule has 0 spiro atoms. The molecule has 1 fully saturated rings. The Hall–Kier alpha value is -0.693. The molecule has 0 amide bonds. The van der Waals surface area contributed by atoms with Crippen LogP contribution < -0.4 is 5.32 Å². The van der Waals surface area contributed by atoms with Crippen molar-refractivity contribution >= 4 is 14.1 Å². The molecule has 0 unspecified atom stereocenters. The molecule has 6 heteroatoms. The number of methoxy groups -OCH3 is 1. The summed E-state index contributed by atoms with van der Waals surface area (Å²) < 4.78 is 12.1. The highest BCUT2D eigenvalue weighted by molar-refractivity contribution is 6.77. The predicted molar refractivity (Wildman–Crippen MR) is 102 cm³/mol. The van der Waals surface area contributed by atoms with Gasteiger partial charge < -0.3 is 19.6 Å². The molecule has 5 nitrogen and oxygen atoms in total. The summed E-state index contributed by atoms with van der Waals surface area (Å²) in [5.41, 5.74) is 1.05. The maximum Gasteiger partial charge on any atom is 0.200 e. The Morgan fingerprint density at radius 2 is 1.80 bits per heavy atom. The lowest BCUT2D eigenvalue weighted by molar-refractivity contribution is -0.126. The fourth-order valence-electron chi connectivity index (χ4n) is 5.05. The van der Waals surface area contributed by atoms with Crippen molar-refractivity contribution < 1.29 is 19.1 Å². The highest BCUT2D eigenvalue weighted by Gasteiger charge is 2.52. The molecule has 0 saturated carbocycles. The van der Waals surface area contributed by atoms with Gasteiger partial charge in [0.1, 0.15) is 5.60 Å². The molecule has 25 heavy (non-hydrogen) atoms. The van der Waals surface area contributed by atoms with Crippen molar-refractivity contribution in [1.29, 1.82) is 0 Å². The zero-order valence-corrected chi connectivity index (χ0v) is 17.8. The Morgan fingerprint density at radius 1 is 1.24 bits per heavy atom. The van der Waals surface area contributed by atoms with Crippen molar-refractivity contribution in [2.24, 2.45) is 0 Å². The van der Waals surface area contributed by atoms with Crippen LogP contribution in [0.4, 0.5) is 0 Å². The van der Waals surface area contributed by atoms with Gasteiger partial charge in [-0.1, -0.05) is 41.5 Å². The summed E-state index contributed by atoms with van der Waals surface area (Å²) in [6.45, 7) is 14.2. The maximum atomic E-state index is 11.9. The van der Waals surface area contributed by atoms with Crippen LogP contribution >= 0.6 is 0 Å². The number of hydrogen-bond acceptors (Lipinski definition) is 5. The monoisotopic (exact) mass is 369 g/mol. The molecule has 1 heterocycles. The van der Waals surface area contributed by atoms with E-state index in [0.29, 0.717) is 35.3 Å². The van der Waals surface area contributed by atoms with Crippen molar-refractivity contribution in [2.45, 2.75) is 88.8 Å². The van der Waals surface area contributed by atoms with E-state index in [1.54, 1.807) is 7.11 Å². The van der Waals surface area contributed by atoms with Gasteiger partial charge >= 0.3 is 0 Å². The summed E-state index contributed by atoms with van der Waals surface area (Å²) in [6, 6.07) is 0.00271. The van der Waals surface area contributed by atoms with E-state index in [-0.39, 0.29) is 18.2 Å². The van der Waals surface area contributed by atoms with Gasteiger partial charge in [-0.25, -0.2) is 0 Å². The van der Waals surface area contributed by atoms with Crippen LogP contribution in [-0.4, -0.2) is 50.7 Å². The maximum absolute atomic E-state index is 11.9. The van der Waals surface area contributed by atoms with Crippen molar-refractivity contribution in [3.63, 3.8) is 0 Å². The van der Waals surface area contributed by atoms with Crippen molar-refractivity contribution in [2.75, 3.05) is 13.7 Å². The minimum Gasteiger partial charge on any atom is -0.414 e. The second-order valence-electron chi connectivity index (χ2n) is 8.55. The summed E-state index contributed by atoms with van der Waals surface area (Å²) >= 11 is 0. The van der Waals surface area contributed by atoms with Crippen molar-refractivity contribution in [3.8, 4) is 0 Å². The van der Waals surface area contributed by atoms with Gasteiger partial charge in [0, 0.05) is 31.7 Å². The minimum atomic E-state index is -1.95. The number of fused-ring (bicyclic) bond motifs is 1. The average Bonchev–Trinajstić information content (AvgIpc) is 2.82. The molecule has 2 rings (SSSR count). The predicted octanol–water partition coefficient (Wildman–Crippen LogP) is 3.14. The molecule has 2 aliphatic rings. The topological polar surface area (TPSA) is 67.8 Å². The first-order valence-corrected chi connectivity index (χ1v) is 11.6. The second-order valence-corrected chi connectivity index (χ2v) is 14.0. The van der Waals surface area contributed by atoms with Crippen LogP contribution in [0.15, 0.2) is 11.8 Å². The zero-order chi connectivity index (χ0) is 19.0. The van der Waals surface area contributed by atoms with Gasteiger partial charge in [-0.05, 0) is 16.6 Å². The van der Waals surface area contributed by atoms with Gasteiger partial charge in [-0.2, -0.15) is 0 Å². The van der Waals surface area contributed by atoms with E-state index in [1.807, 2.05) is 0 Å². The minimum absolute atomic E-state index is 0.00271. The SMILES string of the molecule is CO[C@@H]1CC(=O)C=C2N[C@H](CO[Si](C(C)C)(C(C)C)C(C)C)C[C@@]21O. The Bertz CT molecular complexity index is 510.